The van der Waals surface area contributed by atoms with E-state index < -0.39 is 5.97 Å². The molecule has 1 aliphatic rings. The Hall–Kier alpha value is -1.71. The maximum Gasteiger partial charge on any atom is 0.337 e. The fraction of sp³-hybridized carbons (Fsp3) is 0.364. The summed E-state index contributed by atoms with van der Waals surface area (Å²) in [6.07, 6.45) is 0. The zero-order valence-corrected chi connectivity index (χ0v) is 8.90. The molecule has 1 heterocycles. The van der Waals surface area contributed by atoms with E-state index in [0.717, 1.165) is 24.5 Å². The molecule has 0 saturated heterocycles. The number of rotatable bonds is 1. The maximum absolute atomic E-state index is 11.1. The monoisotopic (exact) mass is 206 g/mol. The van der Waals surface area contributed by atoms with Gasteiger partial charge in [0.1, 0.15) is 0 Å². The van der Waals surface area contributed by atoms with Gasteiger partial charge in [-0.15, -0.1) is 0 Å². The molecule has 0 amide bonds. The zero-order chi connectivity index (χ0) is 11.0. The van der Waals surface area contributed by atoms with Gasteiger partial charge < -0.3 is 14.9 Å². The highest BCUT2D eigenvalue weighted by Crippen LogP contribution is 2.34. The number of fused-ring (bicyclic) bond motifs is 1. The largest absolute Gasteiger partial charge is 0.478 e. The van der Waals surface area contributed by atoms with Gasteiger partial charge in [-0.3, -0.25) is 0 Å². The first-order chi connectivity index (χ1) is 7.11. The van der Waals surface area contributed by atoms with Crippen molar-refractivity contribution >= 4 is 17.3 Å². The summed E-state index contributed by atoms with van der Waals surface area (Å²) in [4.78, 5) is 15.2. The lowest BCUT2D eigenvalue weighted by molar-refractivity contribution is 0.0697. The summed E-state index contributed by atoms with van der Waals surface area (Å²) in [6, 6.07) is 5.40. The third-order valence-corrected chi connectivity index (χ3v) is 2.81. The Bertz CT molecular complexity index is 404. The fourth-order valence-corrected chi connectivity index (χ4v) is 1.95. The number of carbonyl (C=O) groups is 1. The van der Waals surface area contributed by atoms with Gasteiger partial charge in [-0.05, 0) is 12.1 Å². The molecule has 80 valence electrons. The van der Waals surface area contributed by atoms with Crippen LogP contribution in [0.5, 0.6) is 0 Å². The van der Waals surface area contributed by atoms with E-state index in [1.165, 1.54) is 0 Å². The summed E-state index contributed by atoms with van der Waals surface area (Å²) < 4.78 is 0. The average Bonchev–Trinajstić information content (AvgIpc) is 2.23. The minimum absolute atomic E-state index is 0.376. The van der Waals surface area contributed by atoms with Crippen molar-refractivity contribution in [3.63, 3.8) is 0 Å². The zero-order valence-electron chi connectivity index (χ0n) is 8.90. The van der Waals surface area contributed by atoms with Gasteiger partial charge in [-0.25, -0.2) is 4.79 Å². The average molecular weight is 206 g/mol. The predicted molar refractivity (Wildman–Crippen MR) is 59.9 cm³/mol. The lowest BCUT2D eigenvalue weighted by Gasteiger charge is -2.35. The second-order valence-electron chi connectivity index (χ2n) is 3.82. The first-order valence-electron chi connectivity index (χ1n) is 4.90. The summed E-state index contributed by atoms with van der Waals surface area (Å²) in [6.45, 7) is 1.78. The van der Waals surface area contributed by atoms with E-state index >= 15 is 0 Å². The van der Waals surface area contributed by atoms with Crippen molar-refractivity contribution in [2.45, 2.75) is 0 Å². The van der Waals surface area contributed by atoms with Gasteiger partial charge in [0, 0.05) is 27.2 Å². The van der Waals surface area contributed by atoms with E-state index in [-0.39, 0.29) is 0 Å². The first-order valence-corrected chi connectivity index (χ1v) is 4.90. The van der Waals surface area contributed by atoms with Crippen LogP contribution in [0.4, 0.5) is 11.4 Å². The Morgan fingerprint density at radius 3 is 2.60 bits per heavy atom. The quantitative estimate of drug-likeness (QED) is 0.751. The highest BCUT2D eigenvalue weighted by molar-refractivity contribution is 5.98. The number of para-hydroxylation sites is 1. The van der Waals surface area contributed by atoms with Gasteiger partial charge in [0.05, 0.1) is 16.9 Å². The summed E-state index contributed by atoms with van der Waals surface area (Å²) in [7, 11) is 3.91. The van der Waals surface area contributed by atoms with Crippen molar-refractivity contribution in [2.75, 3.05) is 37.0 Å². The van der Waals surface area contributed by atoms with Gasteiger partial charge in [0.25, 0.3) is 0 Å². The Labute approximate surface area is 88.7 Å². The Morgan fingerprint density at radius 1 is 1.27 bits per heavy atom. The molecule has 0 aliphatic carbocycles. The molecule has 1 aromatic carbocycles. The SMILES string of the molecule is CN1CCN(C)c2c(C(=O)O)cccc21. The number of benzene rings is 1. The van der Waals surface area contributed by atoms with E-state index in [4.69, 9.17) is 5.11 Å². The molecule has 0 spiro atoms. The number of hydrogen-bond donors (Lipinski definition) is 1. The van der Waals surface area contributed by atoms with Crippen molar-refractivity contribution in [1.82, 2.24) is 0 Å². The van der Waals surface area contributed by atoms with Crippen LogP contribution in [0.3, 0.4) is 0 Å². The normalized spacial score (nSPS) is 15.1. The molecule has 1 aliphatic heterocycles. The number of aromatic carboxylic acids is 1. The van der Waals surface area contributed by atoms with Crippen LogP contribution in [-0.4, -0.2) is 38.3 Å². The molecule has 4 nitrogen and oxygen atoms in total. The number of carboxylic acid groups (broad SMARTS) is 1. The van der Waals surface area contributed by atoms with Crippen LogP contribution in [0, 0.1) is 0 Å². The molecule has 0 unspecified atom stereocenters. The van der Waals surface area contributed by atoms with Crippen LogP contribution in [0.25, 0.3) is 0 Å². The highest BCUT2D eigenvalue weighted by atomic mass is 16.4. The van der Waals surface area contributed by atoms with Crippen molar-refractivity contribution in [3.05, 3.63) is 23.8 Å². The molecule has 0 fully saturated rings. The summed E-state index contributed by atoms with van der Waals surface area (Å²) in [5, 5.41) is 9.10. The van der Waals surface area contributed by atoms with Crippen LogP contribution < -0.4 is 9.80 Å². The molecule has 0 atom stereocenters. The van der Waals surface area contributed by atoms with Gasteiger partial charge >= 0.3 is 5.97 Å². The molecule has 1 aromatic rings. The van der Waals surface area contributed by atoms with Gasteiger partial charge in [-0.1, -0.05) is 6.07 Å². The number of carboxylic acids is 1. The van der Waals surface area contributed by atoms with E-state index in [2.05, 4.69) is 4.90 Å². The molecule has 0 radical (unpaired) electrons. The van der Waals surface area contributed by atoms with E-state index in [0.29, 0.717) is 5.56 Å². The fourth-order valence-electron chi connectivity index (χ4n) is 1.95. The van der Waals surface area contributed by atoms with E-state index in [1.807, 2.05) is 25.1 Å². The molecule has 15 heavy (non-hydrogen) atoms. The van der Waals surface area contributed by atoms with Crippen molar-refractivity contribution in [1.29, 1.82) is 0 Å². The van der Waals surface area contributed by atoms with Gasteiger partial charge in [0.15, 0.2) is 0 Å². The predicted octanol–water partition coefficient (Wildman–Crippen LogP) is 1.27. The summed E-state index contributed by atoms with van der Waals surface area (Å²) >= 11 is 0. The number of anilines is 2. The van der Waals surface area contributed by atoms with Crippen molar-refractivity contribution in [3.8, 4) is 0 Å². The van der Waals surface area contributed by atoms with Crippen LogP contribution >= 0.6 is 0 Å². The molecule has 4 heteroatoms. The lowest BCUT2D eigenvalue weighted by Crippen LogP contribution is -2.37. The standard InChI is InChI=1S/C11H14N2O2/c1-12-6-7-13(2)10-8(11(14)15)4-3-5-9(10)12/h3-5H,6-7H2,1-2H3,(H,14,15). The number of nitrogens with zero attached hydrogens (tertiary/aromatic N) is 2. The van der Waals surface area contributed by atoms with Crippen LogP contribution in [-0.2, 0) is 0 Å². The first kappa shape index (κ1) is 9.83. The topological polar surface area (TPSA) is 43.8 Å². The molecule has 2 rings (SSSR count). The molecule has 0 bridgehead atoms. The second-order valence-corrected chi connectivity index (χ2v) is 3.82. The number of likely N-dealkylation sites (N-methyl/N-ethyl adjacent to an activating group) is 2. The molecular formula is C11H14N2O2. The van der Waals surface area contributed by atoms with Crippen LogP contribution in [0.15, 0.2) is 18.2 Å². The molecule has 1 N–H and O–H groups in total. The van der Waals surface area contributed by atoms with Gasteiger partial charge in [0.2, 0.25) is 0 Å². The number of hydrogen-bond acceptors (Lipinski definition) is 3. The van der Waals surface area contributed by atoms with Crippen molar-refractivity contribution < 1.29 is 9.90 Å². The maximum atomic E-state index is 11.1. The summed E-state index contributed by atoms with van der Waals surface area (Å²) in [5.74, 6) is -0.867. The third-order valence-electron chi connectivity index (χ3n) is 2.81. The van der Waals surface area contributed by atoms with Crippen molar-refractivity contribution in [2.24, 2.45) is 0 Å². The molecule has 0 saturated carbocycles. The Kier molecular flexibility index (Phi) is 2.26. The Morgan fingerprint density at radius 2 is 1.93 bits per heavy atom. The summed E-state index contributed by atoms with van der Waals surface area (Å²) in [5.41, 5.74) is 2.18. The highest BCUT2D eigenvalue weighted by Gasteiger charge is 2.23. The third kappa shape index (κ3) is 1.52. The van der Waals surface area contributed by atoms with Crippen LogP contribution in [0.1, 0.15) is 10.4 Å². The minimum Gasteiger partial charge on any atom is -0.478 e. The van der Waals surface area contributed by atoms with E-state index in [1.54, 1.807) is 12.1 Å². The van der Waals surface area contributed by atoms with Crippen LogP contribution in [0.2, 0.25) is 0 Å². The van der Waals surface area contributed by atoms with E-state index in [9.17, 15) is 4.79 Å². The van der Waals surface area contributed by atoms with Gasteiger partial charge in [-0.2, -0.15) is 0 Å². The minimum atomic E-state index is -0.867. The lowest BCUT2D eigenvalue weighted by atomic mass is 10.1. The second kappa shape index (κ2) is 3.46. The Balaban J connectivity index is 2.61. The molecule has 0 aromatic heterocycles. The smallest absolute Gasteiger partial charge is 0.337 e. The molecular weight excluding hydrogens is 192 g/mol.